The molecule has 11 heavy (non-hydrogen) atoms. The van der Waals surface area contributed by atoms with E-state index in [1.807, 2.05) is 6.92 Å². The molecule has 1 N–H and O–H groups in total. The number of nitrogens with zero attached hydrogens (tertiary/aromatic N) is 1. The van der Waals surface area contributed by atoms with Crippen LogP contribution in [0.2, 0.25) is 0 Å². The molecule has 1 aliphatic rings. The van der Waals surface area contributed by atoms with Crippen LogP contribution in [-0.4, -0.2) is 17.4 Å². The minimum absolute atomic E-state index is 0.199. The van der Waals surface area contributed by atoms with Gasteiger partial charge >= 0.3 is 0 Å². The van der Waals surface area contributed by atoms with E-state index >= 15 is 0 Å². The maximum absolute atomic E-state index is 13.0. The van der Waals surface area contributed by atoms with Gasteiger partial charge in [-0.05, 0) is 18.8 Å². The summed E-state index contributed by atoms with van der Waals surface area (Å²) in [6.07, 6.45) is -0.939. The Bertz CT molecular complexity index is 165. The largest absolute Gasteiger partial charge is 0.392 e. The SMILES string of the molecule is CC1CC(O)C(C#N)C(F)C1. The molecule has 1 rings (SSSR count). The van der Waals surface area contributed by atoms with Gasteiger partial charge in [0, 0.05) is 0 Å². The van der Waals surface area contributed by atoms with Crippen molar-refractivity contribution in [1.82, 2.24) is 0 Å². The lowest BCUT2D eigenvalue weighted by molar-refractivity contribution is 0.0219. The zero-order valence-electron chi connectivity index (χ0n) is 6.50. The molecule has 2 nitrogen and oxygen atoms in total. The Kier molecular flexibility index (Phi) is 2.45. The van der Waals surface area contributed by atoms with E-state index in [4.69, 9.17) is 5.26 Å². The van der Waals surface area contributed by atoms with Gasteiger partial charge in [-0.3, -0.25) is 0 Å². The molecule has 0 saturated heterocycles. The Morgan fingerprint density at radius 3 is 2.64 bits per heavy atom. The van der Waals surface area contributed by atoms with E-state index in [0.29, 0.717) is 12.8 Å². The Balaban J connectivity index is 2.61. The number of aliphatic hydroxyl groups is 1. The highest BCUT2D eigenvalue weighted by Crippen LogP contribution is 2.30. The molecule has 0 radical (unpaired) electrons. The average Bonchev–Trinajstić information content (AvgIpc) is 1.85. The van der Waals surface area contributed by atoms with Crippen molar-refractivity contribution in [2.45, 2.75) is 32.0 Å². The van der Waals surface area contributed by atoms with Gasteiger partial charge in [0.05, 0.1) is 12.2 Å². The molecule has 4 unspecified atom stereocenters. The van der Waals surface area contributed by atoms with Gasteiger partial charge in [-0.1, -0.05) is 6.92 Å². The number of hydrogen-bond acceptors (Lipinski definition) is 2. The van der Waals surface area contributed by atoms with Gasteiger partial charge in [-0.2, -0.15) is 5.26 Å². The lowest BCUT2D eigenvalue weighted by atomic mass is 9.80. The highest BCUT2D eigenvalue weighted by molar-refractivity contribution is 4.97. The highest BCUT2D eigenvalue weighted by Gasteiger charge is 2.35. The van der Waals surface area contributed by atoms with Crippen LogP contribution in [0.5, 0.6) is 0 Å². The van der Waals surface area contributed by atoms with Gasteiger partial charge in [-0.25, -0.2) is 4.39 Å². The quantitative estimate of drug-likeness (QED) is 0.575. The van der Waals surface area contributed by atoms with Crippen molar-refractivity contribution in [3.63, 3.8) is 0 Å². The molecule has 0 aliphatic heterocycles. The van der Waals surface area contributed by atoms with Crippen LogP contribution in [0, 0.1) is 23.2 Å². The van der Waals surface area contributed by atoms with Crippen LogP contribution in [0.3, 0.4) is 0 Å². The monoisotopic (exact) mass is 157 g/mol. The van der Waals surface area contributed by atoms with Crippen molar-refractivity contribution in [3.8, 4) is 6.07 Å². The molecule has 1 fully saturated rings. The number of nitriles is 1. The predicted octanol–water partition coefficient (Wildman–Crippen LogP) is 1.26. The van der Waals surface area contributed by atoms with E-state index in [0.717, 1.165) is 0 Å². The fourth-order valence-electron chi connectivity index (χ4n) is 1.59. The van der Waals surface area contributed by atoms with Crippen molar-refractivity contribution < 1.29 is 9.50 Å². The van der Waals surface area contributed by atoms with E-state index in [2.05, 4.69) is 0 Å². The molecular weight excluding hydrogens is 145 g/mol. The second kappa shape index (κ2) is 3.19. The first-order valence-electron chi connectivity index (χ1n) is 3.87. The Morgan fingerprint density at radius 1 is 1.55 bits per heavy atom. The zero-order chi connectivity index (χ0) is 8.43. The van der Waals surface area contributed by atoms with E-state index in [-0.39, 0.29) is 5.92 Å². The molecule has 4 atom stereocenters. The Hall–Kier alpha value is -0.620. The third-order valence-electron chi connectivity index (χ3n) is 2.22. The maximum Gasteiger partial charge on any atom is 0.119 e. The fourth-order valence-corrected chi connectivity index (χ4v) is 1.59. The van der Waals surface area contributed by atoms with Crippen molar-refractivity contribution in [1.29, 1.82) is 5.26 Å². The number of hydrogen-bond donors (Lipinski definition) is 1. The normalized spacial score (nSPS) is 44.9. The number of aliphatic hydroxyl groups excluding tert-OH is 1. The first kappa shape index (κ1) is 8.48. The number of rotatable bonds is 0. The molecule has 0 spiro atoms. The summed E-state index contributed by atoms with van der Waals surface area (Å²) in [7, 11) is 0. The minimum atomic E-state index is -1.14. The van der Waals surface area contributed by atoms with Gasteiger partial charge in [-0.15, -0.1) is 0 Å². The summed E-state index contributed by atoms with van der Waals surface area (Å²) in [5.41, 5.74) is 0. The second-order valence-corrected chi connectivity index (χ2v) is 3.31. The molecule has 0 aromatic carbocycles. The zero-order valence-corrected chi connectivity index (χ0v) is 6.50. The van der Waals surface area contributed by atoms with Crippen LogP contribution >= 0.6 is 0 Å². The van der Waals surface area contributed by atoms with Crippen LogP contribution in [0.1, 0.15) is 19.8 Å². The summed E-state index contributed by atoms with van der Waals surface area (Å²) < 4.78 is 13.0. The van der Waals surface area contributed by atoms with E-state index < -0.39 is 18.2 Å². The molecule has 1 saturated carbocycles. The molecule has 0 amide bonds. The van der Waals surface area contributed by atoms with Gasteiger partial charge in [0.2, 0.25) is 0 Å². The van der Waals surface area contributed by atoms with Crippen LogP contribution < -0.4 is 0 Å². The lowest BCUT2D eigenvalue weighted by Gasteiger charge is -2.29. The molecular formula is C8H12FNO. The molecule has 62 valence electrons. The van der Waals surface area contributed by atoms with Gasteiger partial charge in [0.15, 0.2) is 0 Å². The van der Waals surface area contributed by atoms with Crippen LogP contribution in [0.25, 0.3) is 0 Å². The van der Waals surface area contributed by atoms with Gasteiger partial charge < -0.3 is 5.11 Å². The second-order valence-electron chi connectivity index (χ2n) is 3.31. The van der Waals surface area contributed by atoms with Crippen LogP contribution in [0.15, 0.2) is 0 Å². The van der Waals surface area contributed by atoms with Crippen molar-refractivity contribution in [2.24, 2.45) is 11.8 Å². The summed E-state index contributed by atoms with van der Waals surface area (Å²) in [5, 5.41) is 17.7. The third-order valence-corrected chi connectivity index (χ3v) is 2.22. The van der Waals surface area contributed by atoms with E-state index in [1.165, 1.54) is 0 Å². The minimum Gasteiger partial charge on any atom is -0.392 e. The maximum atomic E-state index is 13.0. The Morgan fingerprint density at radius 2 is 2.18 bits per heavy atom. The average molecular weight is 157 g/mol. The summed E-state index contributed by atoms with van der Waals surface area (Å²) in [6.45, 7) is 1.89. The lowest BCUT2D eigenvalue weighted by Crippen LogP contribution is -2.35. The van der Waals surface area contributed by atoms with Gasteiger partial charge in [0.1, 0.15) is 12.1 Å². The van der Waals surface area contributed by atoms with Crippen LogP contribution in [-0.2, 0) is 0 Å². The fraction of sp³-hybridized carbons (Fsp3) is 0.875. The first-order chi connectivity index (χ1) is 5.15. The van der Waals surface area contributed by atoms with Crippen molar-refractivity contribution >= 4 is 0 Å². The summed E-state index contributed by atoms with van der Waals surface area (Å²) in [4.78, 5) is 0. The molecule has 0 bridgehead atoms. The standard InChI is InChI=1S/C8H12FNO/c1-5-2-7(9)6(4-10)8(11)3-5/h5-8,11H,2-3H2,1H3. The Labute approximate surface area is 65.6 Å². The predicted molar refractivity (Wildman–Crippen MR) is 38.4 cm³/mol. The summed E-state index contributed by atoms with van der Waals surface area (Å²) >= 11 is 0. The third kappa shape index (κ3) is 1.69. The topological polar surface area (TPSA) is 44.0 Å². The molecule has 0 aromatic heterocycles. The smallest absolute Gasteiger partial charge is 0.119 e. The van der Waals surface area contributed by atoms with Crippen LogP contribution in [0.4, 0.5) is 4.39 Å². The summed E-state index contributed by atoms with van der Waals surface area (Å²) in [5.74, 6) is -0.601. The number of alkyl halides is 1. The molecule has 0 heterocycles. The van der Waals surface area contributed by atoms with Gasteiger partial charge in [0.25, 0.3) is 0 Å². The van der Waals surface area contributed by atoms with E-state index in [1.54, 1.807) is 6.07 Å². The number of halogens is 1. The highest BCUT2D eigenvalue weighted by atomic mass is 19.1. The van der Waals surface area contributed by atoms with Crippen molar-refractivity contribution in [2.75, 3.05) is 0 Å². The molecule has 3 heteroatoms. The van der Waals surface area contributed by atoms with Crippen molar-refractivity contribution in [3.05, 3.63) is 0 Å². The first-order valence-corrected chi connectivity index (χ1v) is 3.87. The molecule has 0 aromatic rings. The molecule has 1 aliphatic carbocycles. The summed E-state index contributed by atoms with van der Waals surface area (Å²) in [6, 6.07) is 1.80. The van der Waals surface area contributed by atoms with E-state index in [9.17, 15) is 9.50 Å².